The van der Waals surface area contributed by atoms with E-state index in [4.69, 9.17) is 0 Å². The Labute approximate surface area is 82.2 Å². The molecule has 13 heavy (non-hydrogen) atoms. The van der Waals surface area contributed by atoms with E-state index in [1.165, 1.54) is 6.42 Å². The quantitative estimate of drug-likeness (QED) is 0.450. The van der Waals surface area contributed by atoms with E-state index in [1.54, 1.807) is 6.08 Å². The van der Waals surface area contributed by atoms with Crippen molar-refractivity contribution in [3.63, 3.8) is 0 Å². The lowest BCUT2D eigenvalue weighted by Gasteiger charge is -2.07. The molecule has 0 heterocycles. The Balaban J connectivity index is 3.15. The first-order valence-corrected chi connectivity index (χ1v) is 5.26. The van der Waals surface area contributed by atoms with Gasteiger partial charge in [0.25, 0.3) is 0 Å². The second kappa shape index (κ2) is 9.53. The summed E-state index contributed by atoms with van der Waals surface area (Å²) in [5.74, 6) is 0. The summed E-state index contributed by atoms with van der Waals surface area (Å²) in [5.41, 5.74) is 0. The average molecular weight is 182 g/mol. The molecular formula is C12H22O. The van der Waals surface area contributed by atoms with Gasteiger partial charge in [0.2, 0.25) is 0 Å². The van der Waals surface area contributed by atoms with Crippen molar-refractivity contribution in [2.75, 3.05) is 0 Å². The van der Waals surface area contributed by atoms with Gasteiger partial charge in [-0.1, -0.05) is 44.6 Å². The summed E-state index contributed by atoms with van der Waals surface area (Å²) in [4.78, 5) is 0. The number of rotatable bonds is 8. The Morgan fingerprint density at radius 3 is 2.69 bits per heavy atom. The lowest BCUT2D eigenvalue weighted by molar-refractivity contribution is 0.150. The summed E-state index contributed by atoms with van der Waals surface area (Å²) in [5, 5.41) is 9.42. The van der Waals surface area contributed by atoms with Gasteiger partial charge in [-0.2, -0.15) is 0 Å². The third kappa shape index (κ3) is 9.35. The molecule has 1 atom stereocenters. The van der Waals surface area contributed by atoms with Crippen molar-refractivity contribution < 1.29 is 5.11 Å². The van der Waals surface area contributed by atoms with E-state index in [0.717, 1.165) is 32.1 Å². The van der Waals surface area contributed by atoms with E-state index < -0.39 is 0 Å². The van der Waals surface area contributed by atoms with Gasteiger partial charge in [0, 0.05) is 0 Å². The first-order chi connectivity index (χ1) is 6.31. The van der Waals surface area contributed by atoms with Crippen molar-refractivity contribution in [2.45, 2.75) is 51.6 Å². The lowest BCUT2D eigenvalue weighted by Crippen LogP contribution is -2.04. The molecule has 0 fully saturated rings. The first kappa shape index (κ1) is 12.4. The molecule has 0 aromatic carbocycles. The Kier molecular flexibility index (Phi) is 9.12. The highest BCUT2D eigenvalue weighted by Crippen LogP contribution is 2.08. The molecule has 0 bridgehead atoms. The van der Waals surface area contributed by atoms with Crippen molar-refractivity contribution in [1.82, 2.24) is 0 Å². The van der Waals surface area contributed by atoms with Gasteiger partial charge in [-0.15, -0.1) is 0 Å². The smallest absolute Gasteiger partial charge is 0.0540 e. The van der Waals surface area contributed by atoms with Crippen LogP contribution >= 0.6 is 0 Å². The van der Waals surface area contributed by atoms with E-state index in [2.05, 4.69) is 19.6 Å². The molecule has 0 saturated heterocycles. The zero-order valence-corrected chi connectivity index (χ0v) is 8.71. The third-order valence-electron chi connectivity index (χ3n) is 2.05. The largest absolute Gasteiger partial charge is 0.393 e. The van der Waals surface area contributed by atoms with Crippen LogP contribution in [0.1, 0.15) is 45.4 Å². The fourth-order valence-corrected chi connectivity index (χ4v) is 1.31. The maximum absolute atomic E-state index is 9.42. The van der Waals surface area contributed by atoms with Crippen LogP contribution in [0.15, 0.2) is 24.8 Å². The highest BCUT2D eigenvalue weighted by molar-refractivity contribution is 4.96. The van der Waals surface area contributed by atoms with Gasteiger partial charge in [-0.25, -0.2) is 0 Å². The predicted octanol–water partition coefficient (Wildman–Crippen LogP) is 3.45. The minimum atomic E-state index is -0.0756. The van der Waals surface area contributed by atoms with Gasteiger partial charge in [0.1, 0.15) is 0 Å². The second-order valence-electron chi connectivity index (χ2n) is 3.39. The van der Waals surface area contributed by atoms with Crippen molar-refractivity contribution in [2.24, 2.45) is 0 Å². The first-order valence-electron chi connectivity index (χ1n) is 5.26. The summed E-state index contributed by atoms with van der Waals surface area (Å²) in [6, 6.07) is 0. The molecule has 1 heteroatoms. The molecule has 0 rings (SSSR count). The topological polar surface area (TPSA) is 20.2 Å². The number of aliphatic hydroxyl groups is 1. The zero-order chi connectivity index (χ0) is 9.94. The van der Waals surface area contributed by atoms with E-state index >= 15 is 0 Å². The Morgan fingerprint density at radius 1 is 1.31 bits per heavy atom. The summed E-state index contributed by atoms with van der Waals surface area (Å²) in [6.07, 6.45) is 12.2. The van der Waals surface area contributed by atoms with Crippen LogP contribution in [0.3, 0.4) is 0 Å². The minimum absolute atomic E-state index is 0.0756. The fraction of sp³-hybridized carbons (Fsp3) is 0.667. The van der Waals surface area contributed by atoms with Crippen molar-refractivity contribution in [1.29, 1.82) is 0 Å². The highest BCUT2D eigenvalue weighted by atomic mass is 16.3. The number of hydrogen-bond donors (Lipinski definition) is 1. The maximum Gasteiger partial charge on any atom is 0.0540 e. The molecule has 0 aromatic rings. The van der Waals surface area contributed by atoms with Crippen molar-refractivity contribution in [3.05, 3.63) is 24.8 Å². The molecule has 0 radical (unpaired) electrons. The molecule has 0 spiro atoms. The van der Waals surface area contributed by atoms with Crippen LogP contribution in [0.4, 0.5) is 0 Å². The molecule has 0 aliphatic carbocycles. The van der Waals surface area contributed by atoms with E-state index in [-0.39, 0.29) is 6.10 Å². The Bertz CT molecular complexity index is 138. The van der Waals surface area contributed by atoms with Crippen LogP contribution in [0.25, 0.3) is 0 Å². The van der Waals surface area contributed by atoms with Gasteiger partial charge < -0.3 is 5.11 Å². The van der Waals surface area contributed by atoms with Crippen LogP contribution in [0.5, 0.6) is 0 Å². The minimum Gasteiger partial charge on any atom is -0.393 e. The van der Waals surface area contributed by atoms with Crippen LogP contribution in [-0.2, 0) is 0 Å². The molecule has 0 aliphatic heterocycles. The highest BCUT2D eigenvalue weighted by Gasteiger charge is 2.00. The maximum atomic E-state index is 9.42. The standard InChI is InChI=1S/C12H22O/c1-3-5-6-7-8-9-11-12(13)10-4-2/h3,5-6,12-13H,1,4,7-11H2,2H3. The van der Waals surface area contributed by atoms with E-state index in [0.29, 0.717) is 0 Å². The molecule has 0 aromatic heterocycles. The monoisotopic (exact) mass is 182 g/mol. The summed E-state index contributed by atoms with van der Waals surface area (Å²) >= 11 is 0. The summed E-state index contributed by atoms with van der Waals surface area (Å²) in [7, 11) is 0. The molecule has 0 aliphatic rings. The number of hydrogen-bond acceptors (Lipinski definition) is 1. The lowest BCUT2D eigenvalue weighted by atomic mass is 10.1. The fourth-order valence-electron chi connectivity index (χ4n) is 1.31. The molecule has 1 N–H and O–H groups in total. The van der Waals surface area contributed by atoms with E-state index in [1.807, 2.05) is 6.08 Å². The number of allylic oxidation sites excluding steroid dienone is 3. The summed E-state index contributed by atoms with van der Waals surface area (Å²) in [6.45, 7) is 5.71. The van der Waals surface area contributed by atoms with Crippen LogP contribution in [0, 0.1) is 0 Å². The van der Waals surface area contributed by atoms with Gasteiger partial charge in [0.05, 0.1) is 6.10 Å². The van der Waals surface area contributed by atoms with Gasteiger partial charge in [-0.3, -0.25) is 0 Å². The molecule has 0 saturated carbocycles. The Morgan fingerprint density at radius 2 is 2.08 bits per heavy atom. The number of unbranched alkanes of at least 4 members (excludes halogenated alkanes) is 2. The van der Waals surface area contributed by atoms with Crippen molar-refractivity contribution in [3.8, 4) is 0 Å². The molecule has 1 unspecified atom stereocenters. The van der Waals surface area contributed by atoms with Crippen LogP contribution < -0.4 is 0 Å². The zero-order valence-electron chi connectivity index (χ0n) is 8.71. The predicted molar refractivity (Wildman–Crippen MR) is 58.7 cm³/mol. The van der Waals surface area contributed by atoms with E-state index in [9.17, 15) is 5.11 Å². The van der Waals surface area contributed by atoms with Gasteiger partial charge in [-0.05, 0) is 25.7 Å². The van der Waals surface area contributed by atoms with Crippen LogP contribution in [-0.4, -0.2) is 11.2 Å². The van der Waals surface area contributed by atoms with Gasteiger partial charge in [0.15, 0.2) is 0 Å². The summed E-state index contributed by atoms with van der Waals surface area (Å²) < 4.78 is 0. The molecular weight excluding hydrogens is 160 g/mol. The number of aliphatic hydroxyl groups excluding tert-OH is 1. The normalized spacial score (nSPS) is 13.4. The second-order valence-corrected chi connectivity index (χ2v) is 3.39. The van der Waals surface area contributed by atoms with Crippen LogP contribution in [0.2, 0.25) is 0 Å². The molecule has 1 nitrogen and oxygen atoms in total. The average Bonchev–Trinajstić information content (AvgIpc) is 2.11. The SMILES string of the molecule is C=CC=CCCCCC(O)CCC. The van der Waals surface area contributed by atoms with Crippen molar-refractivity contribution >= 4 is 0 Å². The molecule has 76 valence electrons. The van der Waals surface area contributed by atoms with Gasteiger partial charge >= 0.3 is 0 Å². The Hall–Kier alpha value is -0.560. The third-order valence-corrected chi connectivity index (χ3v) is 2.05. The molecule has 0 amide bonds.